The van der Waals surface area contributed by atoms with E-state index >= 15 is 0 Å². The van der Waals surface area contributed by atoms with Gasteiger partial charge in [-0.2, -0.15) is 0 Å². The van der Waals surface area contributed by atoms with Crippen LogP contribution < -0.4 is 4.74 Å². The van der Waals surface area contributed by atoms with Crippen LogP contribution in [0.3, 0.4) is 0 Å². The van der Waals surface area contributed by atoms with Crippen molar-refractivity contribution in [2.45, 2.75) is 61.9 Å². The summed E-state index contributed by atoms with van der Waals surface area (Å²) in [4.78, 5) is 15.1. The number of hydrogen-bond donors (Lipinski definition) is 1. The largest absolute Gasteiger partial charge is 0.485 e. The highest BCUT2D eigenvalue weighted by molar-refractivity contribution is 5.68. The van der Waals surface area contributed by atoms with Crippen LogP contribution in [0.4, 0.5) is 0 Å². The zero-order valence-corrected chi connectivity index (χ0v) is 17.5. The van der Waals surface area contributed by atoms with E-state index in [1.165, 1.54) is 30.5 Å². The molecule has 158 valence electrons. The molecule has 3 fully saturated rings. The maximum Gasteiger partial charge on any atom is 0.143 e. The van der Waals surface area contributed by atoms with Gasteiger partial charge in [0.1, 0.15) is 23.7 Å². The van der Waals surface area contributed by atoms with E-state index in [0.29, 0.717) is 6.04 Å². The molecule has 30 heavy (non-hydrogen) atoms. The molecule has 1 saturated heterocycles. The molecule has 1 unspecified atom stereocenters. The van der Waals surface area contributed by atoms with Gasteiger partial charge in [0, 0.05) is 36.2 Å². The number of ether oxygens (including phenoxy) is 2. The van der Waals surface area contributed by atoms with Crippen molar-refractivity contribution in [1.29, 1.82) is 0 Å². The third kappa shape index (κ3) is 1.74. The third-order valence-electron chi connectivity index (χ3n) is 9.59. The van der Waals surface area contributed by atoms with E-state index < -0.39 is 5.60 Å². The lowest BCUT2D eigenvalue weighted by Crippen LogP contribution is -2.79. The van der Waals surface area contributed by atoms with Crippen LogP contribution in [-0.4, -0.2) is 54.2 Å². The Bertz CT molecular complexity index is 986. The minimum atomic E-state index is -0.729. The van der Waals surface area contributed by atoms with E-state index in [9.17, 15) is 9.90 Å². The highest BCUT2D eigenvalue weighted by Crippen LogP contribution is 2.74. The molecule has 8 rings (SSSR count). The molecule has 2 spiro atoms. The molecule has 7 aliphatic rings. The summed E-state index contributed by atoms with van der Waals surface area (Å²) in [5.41, 5.74) is 2.54. The first-order chi connectivity index (χ1) is 14.6. The number of hydrogen-bond acceptors (Lipinski definition) is 5. The first-order valence-corrected chi connectivity index (χ1v) is 11.5. The summed E-state index contributed by atoms with van der Waals surface area (Å²) in [5, 5.41) is 10.1. The fourth-order valence-electron chi connectivity index (χ4n) is 8.18. The zero-order valence-electron chi connectivity index (χ0n) is 17.5. The standard InChI is InChI=1S/C25H29NO4/c1-29-25-7-6-23(11-18(25)14-28)19-10-16-4-5-17(13-27)21-20(16)24(23,22(25)30-21)8-9-26(19)12-15-2-3-15/h4-7,14-15,18-19,22,27H,2-3,8-13H2,1H3/t18-,19-,22?,23-,24+,25-/m1/s1. The lowest BCUT2D eigenvalue weighted by Gasteiger charge is -2.70. The maximum atomic E-state index is 12.3. The third-order valence-corrected chi connectivity index (χ3v) is 9.59. The molecular formula is C25H29NO4. The zero-order chi connectivity index (χ0) is 20.3. The van der Waals surface area contributed by atoms with Crippen molar-refractivity contribution in [3.8, 4) is 5.75 Å². The van der Waals surface area contributed by atoms with Gasteiger partial charge in [0.2, 0.25) is 0 Å². The first kappa shape index (κ1) is 17.9. The van der Waals surface area contributed by atoms with E-state index in [4.69, 9.17) is 9.47 Å². The molecular weight excluding hydrogens is 378 g/mol. The Balaban J connectivity index is 1.51. The van der Waals surface area contributed by atoms with Crippen LogP contribution in [0.15, 0.2) is 24.3 Å². The van der Waals surface area contributed by atoms with Gasteiger partial charge in [-0.1, -0.05) is 24.3 Å². The molecule has 5 aliphatic carbocycles. The molecule has 0 aromatic heterocycles. The van der Waals surface area contributed by atoms with Gasteiger partial charge in [0.15, 0.2) is 0 Å². The molecule has 5 nitrogen and oxygen atoms in total. The fourth-order valence-corrected chi connectivity index (χ4v) is 8.18. The number of benzene rings is 1. The number of aliphatic hydroxyl groups is 1. The topological polar surface area (TPSA) is 59.0 Å². The lowest BCUT2D eigenvalue weighted by atomic mass is 9.37. The van der Waals surface area contributed by atoms with Gasteiger partial charge in [-0.15, -0.1) is 0 Å². The fraction of sp³-hybridized carbons (Fsp3) is 0.640. The Labute approximate surface area is 177 Å². The first-order valence-electron chi connectivity index (χ1n) is 11.5. The molecule has 1 aromatic rings. The number of carbonyl (C=O) groups is 1. The van der Waals surface area contributed by atoms with Crippen LogP contribution in [-0.2, 0) is 28.0 Å². The van der Waals surface area contributed by atoms with Crippen LogP contribution in [0.5, 0.6) is 5.75 Å². The molecule has 6 atom stereocenters. The highest BCUT2D eigenvalue weighted by Gasteiger charge is 2.79. The minimum Gasteiger partial charge on any atom is -0.485 e. The summed E-state index contributed by atoms with van der Waals surface area (Å²) in [5.74, 6) is 1.51. The Morgan fingerprint density at radius 2 is 2.20 bits per heavy atom. The molecule has 5 heteroatoms. The van der Waals surface area contributed by atoms with E-state index in [1.54, 1.807) is 7.11 Å². The summed E-state index contributed by atoms with van der Waals surface area (Å²) in [6, 6.07) is 4.65. The second kappa shape index (κ2) is 5.56. The number of likely N-dealkylation sites (tertiary alicyclic amines) is 1. The quantitative estimate of drug-likeness (QED) is 0.600. The number of piperidine rings is 1. The van der Waals surface area contributed by atoms with Gasteiger partial charge >= 0.3 is 0 Å². The van der Waals surface area contributed by atoms with Gasteiger partial charge in [-0.05, 0) is 50.1 Å². The molecule has 2 aliphatic heterocycles. The van der Waals surface area contributed by atoms with Crippen molar-refractivity contribution in [2.75, 3.05) is 20.2 Å². The van der Waals surface area contributed by atoms with E-state index in [2.05, 4.69) is 23.1 Å². The van der Waals surface area contributed by atoms with E-state index in [0.717, 1.165) is 49.3 Å². The van der Waals surface area contributed by atoms with Gasteiger partial charge in [0.25, 0.3) is 0 Å². The SMILES string of the molecule is CO[C@]12C=C[C@@]3(C[C@@H]1C=O)[C@H]1Cc4ccc(CO)c5c4[C@@]3(CCN1CC1CC1)C2O5. The van der Waals surface area contributed by atoms with E-state index in [-0.39, 0.29) is 29.5 Å². The Hall–Kier alpha value is -1.69. The highest BCUT2D eigenvalue weighted by atomic mass is 16.6. The number of methoxy groups -OCH3 is 1. The summed E-state index contributed by atoms with van der Waals surface area (Å²) in [6.45, 7) is 2.23. The summed E-state index contributed by atoms with van der Waals surface area (Å²) in [6.07, 6.45) is 11.0. The lowest BCUT2D eigenvalue weighted by molar-refractivity contribution is -0.211. The van der Waals surface area contributed by atoms with Crippen LogP contribution in [0.25, 0.3) is 0 Å². The van der Waals surface area contributed by atoms with Crippen LogP contribution in [0.1, 0.15) is 42.4 Å². The van der Waals surface area contributed by atoms with Gasteiger partial charge in [0.05, 0.1) is 17.9 Å². The number of aldehydes is 1. The van der Waals surface area contributed by atoms with Crippen molar-refractivity contribution in [3.63, 3.8) is 0 Å². The maximum absolute atomic E-state index is 12.3. The number of fused-ring (bicyclic) bond motifs is 1. The van der Waals surface area contributed by atoms with Crippen molar-refractivity contribution in [1.82, 2.24) is 4.90 Å². The average molecular weight is 408 g/mol. The molecule has 1 N–H and O–H groups in total. The van der Waals surface area contributed by atoms with Crippen LogP contribution in [0, 0.1) is 17.3 Å². The number of nitrogens with zero attached hydrogens (tertiary/aromatic N) is 1. The van der Waals surface area contributed by atoms with Gasteiger partial charge in [-0.25, -0.2) is 0 Å². The monoisotopic (exact) mass is 407 g/mol. The molecule has 2 saturated carbocycles. The predicted octanol–water partition coefficient (Wildman–Crippen LogP) is 2.38. The summed E-state index contributed by atoms with van der Waals surface area (Å²) < 4.78 is 12.9. The van der Waals surface area contributed by atoms with Gasteiger partial charge < -0.3 is 19.4 Å². The molecule has 0 radical (unpaired) electrons. The normalized spacial score (nSPS) is 44.7. The Morgan fingerprint density at radius 3 is 2.93 bits per heavy atom. The van der Waals surface area contributed by atoms with Crippen molar-refractivity contribution in [2.24, 2.45) is 17.3 Å². The predicted molar refractivity (Wildman–Crippen MR) is 110 cm³/mol. The van der Waals surface area contributed by atoms with Crippen molar-refractivity contribution < 1.29 is 19.4 Å². The second-order valence-electron chi connectivity index (χ2n) is 10.5. The number of aliphatic hydroxyl groups excluding tert-OH is 1. The average Bonchev–Trinajstić information content (AvgIpc) is 3.52. The second-order valence-corrected chi connectivity index (χ2v) is 10.5. The molecule has 4 bridgehead atoms. The minimum absolute atomic E-state index is 0.0276. The Kier molecular flexibility index (Phi) is 3.32. The van der Waals surface area contributed by atoms with Gasteiger partial charge in [-0.3, -0.25) is 4.90 Å². The number of rotatable bonds is 5. The molecule has 2 heterocycles. The smallest absolute Gasteiger partial charge is 0.143 e. The number of carbonyl (C=O) groups excluding carboxylic acids is 1. The molecule has 0 amide bonds. The van der Waals surface area contributed by atoms with Crippen molar-refractivity contribution in [3.05, 3.63) is 41.0 Å². The van der Waals surface area contributed by atoms with Crippen LogP contribution >= 0.6 is 0 Å². The van der Waals surface area contributed by atoms with Crippen LogP contribution in [0.2, 0.25) is 0 Å². The van der Waals surface area contributed by atoms with E-state index in [1.807, 2.05) is 6.07 Å². The Morgan fingerprint density at radius 1 is 1.33 bits per heavy atom. The molecule has 1 aromatic carbocycles. The summed E-state index contributed by atoms with van der Waals surface area (Å²) in [7, 11) is 1.72. The summed E-state index contributed by atoms with van der Waals surface area (Å²) >= 11 is 0. The van der Waals surface area contributed by atoms with Crippen molar-refractivity contribution >= 4 is 6.29 Å².